The zero-order valence-corrected chi connectivity index (χ0v) is 17.8. The van der Waals surface area contributed by atoms with E-state index in [9.17, 15) is 9.59 Å². The van der Waals surface area contributed by atoms with Crippen LogP contribution in [0.4, 0.5) is 0 Å². The molecule has 2 heterocycles. The third-order valence-corrected chi connectivity index (χ3v) is 7.55. The van der Waals surface area contributed by atoms with Crippen LogP contribution in [-0.2, 0) is 19.1 Å². The van der Waals surface area contributed by atoms with Crippen LogP contribution in [0.25, 0.3) is 0 Å². The van der Waals surface area contributed by atoms with Crippen LogP contribution < -0.4 is 10.6 Å². The van der Waals surface area contributed by atoms with Gasteiger partial charge in [0.05, 0.1) is 12.0 Å². The predicted molar refractivity (Wildman–Crippen MR) is 110 cm³/mol. The monoisotopic (exact) mass is 404 g/mol. The van der Waals surface area contributed by atoms with Crippen LogP contribution >= 0.6 is 0 Å². The van der Waals surface area contributed by atoms with Gasteiger partial charge in [-0.15, -0.1) is 0 Å². The topological polar surface area (TPSA) is 76.7 Å². The predicted octanol–water partition coefficient (Wildman–Crippen LogP) is 2.72. The molecule has 2 saturated carbocycles. The maximum absolute atomic E-state index is 13.0. The van der Waals surface area contributed by atoms with E-state index in [0.29, 0.717) is 17.9 Å². The molecule has 6 heteroatoms. The number of fused-ring (bicyclic) bond motifs is 2. The number of ketones is 1. The van der Waals surface area contributed by atoms with E-state index in [1.165, 1.54) is 6.08 Å². The maximum atomic E-state index is 13.0. The highest BCUT2D eigenvalue weighted by molar-refractivity contribution is 6.02. The average molecular weight is 405 g/mol. The summed E-state index contributed by atoms with van der Waals surface area (Å²) in [5, 5.41) is 6.82. The van der Waals surface area contributed by atoms with Gasteiger partial charge in [0.1, 0.15) is 6.10 Å². The van der Waals surface area contributed by atoms with Crippen molar-refractivity contribution in [3.63, 3.8) is 0 Å². The first kappa shape index (κ1) is 20.9. The molecule has 0 aromatic carbocycles. The average Bonchev–Trinajstić information content (AvgIpc) is 2.75. The van der Waals surface area contributed by atoms with Gasteiger partial charge in [-0.3, -0.25) is 9.59 Å². The van der Waals surface area contributed by atoms with Gasteiger partial charge in [-0.25, -0.2) is 0 Å². The minimum Gasteiger partial charge on any atom is -0.484 e. The summed E-state index contributed by atoms with van der Waals surface area (Å²) in [7, 11) is 0. The first-order valence-corrected chi connectivity index (χ1v) is 11.7. The van der Waals surface area contributed by atoms with Crippen molar-refractivity contribution in [1.82, 2.24) is 10.6 Å². The molecular weight excluding hydrogens is 368 g/mol. The Morgan fingerprint density at radius 3 is 2.90 bits per heavy atom. The molecule has 1 saturated heterocycles. The van der Waals surface area contributed by atoms with Gasteiger partial charge in [0.15, 0.2) is 11.5 Å². The lowest BCUT2D eigenvalue weighted by Gasteiger charge is -2.46. The number of amides is 1. The van der Waals surface area contributed by atoms with Gasteiger partial charge >= 0.3 is 0 Å². The van der Waals surface area contributed by atoms with Crippen molar-refractivity contribution < 1.29 is 19.1 Å². The molecule has 0 bridgehead atoms. The normalized spacial score (nSPS) is 39.6. The number of piperidine rings is 1. The molecule has 3 fully saturated rings. The highest BCUT2D eigenvalue weighted by Crippen LogP contribution is 2.38. The van der Waals surface area contributed by atoms with Crippen LogP contribution in [0.3, 0.4) is 0 Å². The zero-order valence-electron chi connectivity index (χ0n) is 17.8. The number of hydrogen-bond donors (Lipinski definition) is 2. The molecule has 29 heavy (non-hydrogen) atoms. The molecule has 4 aliphatic rings. The van der Waals surface area contributed by atoms with E-state index < -0.39 is 0 Å². The fourth-order valence-electron chi connectivity index (χ4n) is 5.95. The second-order valence-electron chi connectivity index (χ2n) is 9.20. The summed E-state index contributed by atoms with van der Waals surface area (Å²) in [6, 6.07) is 0.393. The van der Waals surface area contributed by atoms with Crippen molar-refractivity contribution >= 4 is 11.7 Å². The van der Waals surface area contributed by atoms with Crippen molar-refractivity contribution in [2.24, 2.45) is 17.8 Å². The lowest BCUT2D eigenvalue weighted by molar-refractivity contribution is -0.135. The highest BCUT2D eigenvalue weighted by atomic mass is 16.5. The third-order valence-electron chi connectivity index (χ3n) is 7.55. The van der Waals surface area contributed by atoms with E-state index in [0.717, 1.165) is 64.5 Å². The van der Waals surface area contributed by atoms with Crippen molar-refractivity contribution in [2.45, 2.75) is 89.5 Å². The van der Waals surface area contributed by atoms with Crippen LogP contribution in [0, 0.1) is 17.8 Å². The lowest BCUT2D eigenvalue weighted by atomic mass is 9.74. The number of hydrogen-bond acceptors (Lipinski definition) is 5. The van der Waals surface area contributed by atoms with Gasteiger partial charge in [-0.1, -0.05) is 13.3 Å². The molecular formula is C23H36N2O4. The van der Waals surface area contributed by atoms with Crippen LogP contribution in [0.15, 0.2) is 11.8 Å². The smallest absolute Gasteiger partial charge is 0.286 e. The first-order chi connectivity index (χ1) is 14.1. The Labute approximate surface area is 174 Å². The second-order valence-corrected chi connectivity index (χ2v) is 9.20. The van der Waals surface area contributed by atoms with Crippen LogP contribution in [0.1, 0.15) is 65.2 Å². The molecule has 0 radical (unpaired) electrons. The van der Waals surface area contributed by atoms with Crippen LogP contribution in [-0.4, -0.2) is 49.1 Å². The van der Waals surface area contributed by atoms with Gasteiger partial charge in [-0.2, -0.15) is 0 Å². The summed E-state index contributed by atoms with van der Waals surface area (Å²) in [6.07, 6.45) is 9.55. The largest absolute Gasteiger partial charge is 0.484 e. The van der Waals surface area contributed by atoms with Crippen molar-refractivity contribution in [3.05, 3.63) is 11.8 Å². The quantitative estimate of drug-likeness (QED) is 0.737. The van der Waals surface area contributed by atoms with Gasteiger partial charge in [0, 0.05) is 24.8 Å². The van der Waals surface area contributed by atoms with Gasteiger partial charge in [0.25, 0.3) is 5.91 Å². The number of carbonyl (C=O) groups excluding carboxylic acids is 2. The third kappa shape index (κ3) is 4.38. The minimum atomic E-state index is -0.224. The Bertz CT molecular complexity index is 649. The summed E-state index contributed by atoms with van der Waals surface area (Å²) in [5.41, 5.74) is 0. The standard InChI is InChI=1S/C23H36N2O4/c1-3-14-7-9-19-16(12-14)18(26)13-21(29-19)23(27)25-17-8-10-20(28-4-2)22-15(17)6-5-11-24-22/h13-17,19-20,22,24H,3-12H2,1-2H3,(H,25,27). The molecule has 0 aromatic rings. The lowest BCUT2D eigenvalue weighted by Crippen LogP contribution is -2.60. The molecule has 1 amide bonds. The first-order valence-electron chi connectivity index (χ1n) is 11.7. The molecule has 7 atom stereocenters. The van der Waals surface area contributed by atoms with E-state index in [4.69, 9.17) is 9.47 Å². The number of ether oxygens (including phenoxy) is 2. The van der Waals surface area contributed by atoms with Gasteiger partial charge in [0.2, 0.25) is 0 Å². The molecule has 0 aromatic heterocycles. The Morgan fingerprint density at radius 1 is 1.24 bits per heavy atom. The number of carbonyl (C=O) groups is 2. The van der Waals surface area contributed by atoms with E-state index in [1.54, 1.807) is 0 Å². The SMILES string of the molecule is CCOC1CCC(NC(=O)C2=CC(=O)C3CC(CC)CCC3O2)C2CCCNC12. The number of nitrogens with one attached hydrogen (secondary N) is 2. The molecule has 7 unspecified atom stereocenters. The fourth-order valence-corrected chi connectivity index (χ4v) is 5.95. The maximum Gasteiger partial charge on any atom is 0.286 e. The van der Waals surface area contributed by atoms with E-state index in [2.05, 4.69) is 17.6 Å². The Kier molecular flexibility index (Phi) is 6.60. The molecule has 6 nitrogen and oxygen atoms in total. The number of allylic oxidation sites excluding steroid dienone is 1. The van der Waals surface area contributed by atoms with Crippen molar-refractivity contribution in [3.8, 4) is 0 Å². The van der Waals surface area contributed by atoms with E-state index in [-0.39, 0.29) is 41.6 Å². The van der Waals surface area contributed by atoms with Crippen LogP contribution in [0.5, 0.6) is 0 Å². The summed E-state index contributed by atoms with van der Waals surface area (Å²) in [6.45, 7) is 5.95. The van der Waals surface area contributed by atoms with Gasteiger partial charge in [-0.05, 0) is 70.3 Å². The van der Waals surface area contributed by atoms with Crippen molar-refractivity contribution in [1.29, 1.82) is 0 Å². The molecule has 2 aliphatic heterocycles. The molecule has 2 N–H and O–H groups in total. The fraction of sp³-hybridized carbons (Fsp3) is 0.826. The minimum absolute atomic E-state index is 0.0705. The molecule has 0 spiro atoms. The molecule has 2 aliphatic carbocycles. The second kappa shape index (κ2) is 9.17. The zero-order chi connectivity index (χ0) is 20.4. The Hall–Kier alpha value is -1.40. The highest BCUT2D eigenvalue weighted by Gasteiger charge is 2.43. The summed E-state index contributed by atoms with van der Waals surface area (Å²) in [5.74, 6) is 0.965. The van der Waals surface area contributed by atoms with Crippen LogP contribution in [0.2, 0.25) is 0 Å². The Morgan fingerprint density at radius 2 is 2.10 bits per heavy atom. The summed E-state index contributed by atoms with van der Waals surface area (Å²) >= 11 is 0. The summed E-state index contributed by atoms with van der Waals surface area (Å²) in [4.78, 5) is 25.7. The van der Waals surface area contributed by atoms with Gasteiger partial charge < -0.3 is 20.1 Å². The molecule has 162 valence electrons. The number of rotatable bonds is 5. The van der Waals surface area contributed by atoms with Crippen molar-refractivity contribution in [2.75, 3.05) is 13.2 Å². The van der Waals surface area contributed by atoms with E-state index in [1.807, 2.05) is 6.92 Å². The van der Waals surface area contributed by atoms with E-state index >= 15 is 0 Å². The summed E-state index contributed by atoms with van der Waals surface area (Å²) < 4.78 is 12.0. The Balaban J connectivity index is 1.41. The molecule has 4 rings (SSSR count).